The molecule has 1 aliphatic rings. The average molecular weight is 185 g/mol. The molecule has 0 spiro atoms. The van der Waals surface area contributed by atoms with E-state index in [-0.39, 0.29) is 0 Å². The predicted octanol–water partition coefficient (Wildman–Crippen LogP) is -2.80. The number of nitrogens with two attached hydrogens (primary N) is 1. The molecular formula is C8H13N2O3+. The number of nitrogens with zero attached hydrogens (tertiary/aromatic N) is 1. The van der Waals surface area contributed by atoms with Gasteiger partial charge in [-0.3, -0.25) is 14.4 Å². The highest BCUT2D eigenvalue weighted by Crippen LogP contribution is 2.00. The lowest BCUT2D eigenvalue weighted by molar-refractivity contribution is -0.664. The van der Waals surface area contributed by atoms with Crippen LogP contribution >= 0.6 is 0 Å². The van der Waals surface area contributed by atoms with Crippen LogP contribution in [0.5, 0.6) is 0 Å². The van der Waals surface area contributed by atoms with Crippen LogP contribution in [0.3, 0.4) is 0 Å². The van der Waals surface area contributed by atoms with Gasteiger partial charge < -0.3 is 10.2 Å². The summed E-state index contributed by atoms with van der Waals surface area (Å²) in [6, 6.07) is -0.743. The first kappa shape index (κ1) is 10.0. The molecule has 1 saturated carbocycles. The fraction of sp³-hybridized carbons (Fsp3) is 0.625. The Morgan fingerprint density at radius 2 is 1.77 bits per heavy atom. The van der Waals surface area contributed by atoms with E-state index in [0.717, 1.165) is 6.54 Å². The minimum absolute atomic E-state index is 0.552. The van der Waals surface area contributed by atoms with Crippen molar-refractivity contribution in [3.05, 3.63) is 0 Å². The fourth-order valence-corrected chi connectivity index (χ4v) is 1.16. The first-order valence-corrected chi connectivity index (χ1v) is 4.14. The molecule has 0 amide bonds. The summed E-state index contributed by atoms with van der Waals surface area (Å²) in [7, 11) is 3.81. The Hall–Kier alpha value is -1.07. The number of hydrogen-bond acceptors (Lipinski definition) is 4. The summed E-state index contributed by atoms with van der Waals surface area (Å²) in [5, 5.41) is 1.62. The van der Waals surface area contributed by atoms with Crippen molar-refractivity contribution in [1.82, 2.24) is 4.90 Å². The molecule has 0 atom stereocenters. The predicted molar refractivity (Wildman–Crippen MR) is 44.2 cm³/mol. The second-order valence-corrected chi connectivity index (χ2v) is 3.36. The molecule has 0 radical (unpaired) electrons. The van der Waals surface area contributed by atoms with Crippen molar-refractivity contribution >= 4 is 17.3 Å². The number of rotatable bonds is 4. The van der Waals surface area contributed by atoms with E-state index < -0.39 is 23.4 Å². The lowest BCUT2D eigenvalue weighted by Crippen LogP contribution is -2.99. The van der Waals surface area contributed by atoms with Crippen molar-refractivity contribution in [2.24, 2.45) is 0 Å². The second kappa shape index (κ2) is 3.76. The largest absolute Gasteiger partial charge is 0.329 e. The van der Waals surface area contributed by atoms with Crippen LogP contribution < -0.4 is 5.32 Å². The lowest BCUT2D eigenvalue weighted by atomic mass is 9.88. The van der Waals surface area contributed by atoms with Gasteiger partial charge in [0.05, 0.1) is 6.54 Å². The maximum Gasteiger partial charge on any atom is 0.277 e. The zero-order chi connectivity index (χ0) is 10.0. The van der Waals surface area contributed by atoms with Gasteiger partial charge in [-0.1, -0.05) is 0 Å². The molecule has 0 bridgehead atoms. The van der Waals surface area contributed by atoms with Crippen LogP contribution in [0, 0.1) is 0 Å². The Bertz CT molecular complexity index is 242. The molecule has 5 heteroatoms. The second-order valence-electron chi connectivity index (χ2n) is 3.36. The van der Waals surface area contributed by atoms with Crippen molar-refractivity contribution in [1.29, 1.82) is 0 Å². The van der Waals surface area contributed by atoms with E-state index in [0.29, 0.717) is 6.54 Å². The van der Waals surface area contributed by atoms with Gasteiger partial charge in [0, 0.05) is 6.54 Å². The molecule has 0 aliphatic heterocycles. The quantitative estimate of drug-likeness (QED) is 0.379. The first-order chi connectivity index (χ1) is 6.04. The molecule has 1 aliphatic carbocycles. The Morgan fingerprint density at radius 1 is 1.23 bits per heavy atom. The smallest absolute Gasteiger partial charge is 0.277 e. The summed E-state index contributed by atoms with van der Waals surface area (Å²) in [6.07, 6.45) is 0. The van der Waals surface area contributed by atoms with Gasteiger partial charge in [0.25, 0.3) is 17.3 Å². The number of ketones is 3. The Morgan fingerprint density at radius 3 is 2.23 bits per heavy atom. The normalized spacial score (nSPS) is 18.2. The summed E-state index contributed by atoms with van der Waals surface area (Å²) in [5.41, 5.74) is 0. The highest BCUT2D eigenvalue weighted by Gasteiger charge is 2.51. The molecule has 72 valence electrons. The maximum atomic E-state index is 10.8. The van der Waals surface area contributed by atoms with Crippen LogP contribution in [0.2, 0.25) is 0 Å². The van der Waals surface area contributed by atoms with Gasteiger partial charge in [0.2, 0.25) is 6.04 Å². The van der Waals surface area contributed by atoms with Crippen LogP contribution in [-0.2, 0) is 14.4 Å². The van der Waals surface area contributed by atoms with Crippen LogP contribution in [0.4, 0.5) is 0 Å². The Balaban J connectivity index is 2.28. The first-order valence-electron chi connectivity index (χ1n) is 4.14. The zero-order valence-corrected chi connectivity index (χ0v) is 7.74. The number of Topliss-reactive ketones (excluding diaryl/α,β-unsaturated/α-hetero) is 3. The summed E-state index contributed by atoms with van der Waals surface area (Å²) >= 11 is 0. The minimum Gasteiger partial charge on any atom is -0.329 e. The third-order valence-corrected chi connectivity index (χ3v) is 1.99. The van der Waals surface area contributed by atoms with Crippen LogP contribution in [0.15, 0.2) is 0 Å². The number of carbonyl (C=O) groups excluding carboxylic acids is 3. The molecule has 1 rings (SSSR count). The van der Waals surface area contributed by atoms with Crippen molar-refractivity contribution in [3.8, 4) is 0 Å². The van der Waals surface area contributed by atoms with Crippen molar-refractivity contribution in [2.45, 2.75) is 6.04 Å². The molecular weight excluding hydrogens is 172 g/mol. The molecule has 2 N–H and O–H groups in total. The average Bonchev–Trinajstić information content (AvgIpc) is 2.10. The third-order valence-electron chi connectivity index (χ3n) is 1.99. The van der Waals surface area contributed by atoms with Gasteiger partial charge >= 0.3 is 0 Å². The third kappa shape index (κ3) is 1.99. The highest BCUT2D eigenvalue weighted by atomic mass is 16.2. The van der Waals surface area contributed by atoms with Crippen molar-refractivity contribution < 1.29 is 19.7 Å². The van der Waals surface area contributed by atoms with Crippen LogP contribution in [0.25, 0.3) is 0 Å². The number of carbonyl (C=O) groups is 3. The summed E-state index contributed by atoms with van der Waals surface area (Å²) < 4.78 is 0. The molecule has 1 fully saturated rings. The van der Waals surface area contributed by atoms with Crippen molar-refractivity contribution in [3.63, 3.8) is 0 Å². The van der Waals surface area contributed by atoms with Crippen LogP contribution in [-0.4, -0.2) is 55.5 Å². The Labute approximate surface area is 76.1 Å². The van der Waals surface area contributed by atoms with E-state index in [1.807, 2.05) is 19.0 Å². The van der Waals surface area contributed by atoms with Gasteiger partial charge in [-0.2, -0.15) is 0 Å². The summed E-state index contributed by atoms with van der Waals surface area (Å²) in [5.74, 6) is -1.95. The molecule has 0 aromatic carbocycles. The SMILES string of the molecule is CN(C)CC[NH2+]C1C(=O)C(=O)C1=O. The highest BCUT2D eigenvalue weighted by molar-refractivity contribution is 6.78. The molecule has 0 heterocycles. The van der Waals surface area contributed by atoms with Gasteiger partial charge in [-0.25, -0.2) is 0 Å². The van der Waals surface area contributed by atoms with E-state index in [1.54, 1.807) is 5.32 Å². The van der Waals surface area contributed by atoms with Gasteiger partial charge in [-0.05, 0) is 14.1 Å². The minimum atomic E-state index is -0.842. The zero-order valence-electron chi connectivity index (χ0n) is 7.74. The van der Waals surface area contributed by atoms with E-state index in [1.165, 1.54) is 0 Å². The molecule has 13 heavy (non-hydrogen) atoms. The standard InChI is InChI=1S/C8H12N2O3/c1-10(2)4-3-9-5-6(11)8(13)7(5)12/h5,9H,3-4H2,1-2H3/p+1. The number of hydrogen-bond donors (Lipinski definition) is 1. The number of likely N-dealkylation sites (N-methyl/N-ethyl adjacent to an activating group) is 1. The molecule has 0 aromatic rings. The summed E-state index contributed by atoms with van der Waals surface area (Å²) in [6.45, 7) is 1.44. The van der Waals surface area contributed by atoms with E-state index in [2.05, 4.69) is 0 Å². The summed E-state index contributed by atoms with van der Waals surface area (Å²) in [4.78, 5) is 34.2. The molecule has 5 nitrogen and oxygen atoms in total. The fourth-order valence-electron chi connectivity index (χ4n) is 1.16. The molecule has 0 aromatic heterocycles. The van der Waals surface area contributed by atoms with Gasteiger partial charge in [-0.15, -0.1) is 0 Å². The maximum absolute atomic E-state index is 10.8. The van der Waals surface area contributed by atoms with Gasteiger partial charge in [0.15, 0.2) is 0 Å². The Kier molecular flexibility index (Phi) is 2.90. The number of quaternary nitrogens is 1. The monoisotopic (exact) mass is 185 g/mol. The lowest BCUT2D eigenvalue weighted by Gasteiger charge is -2.19. The van der Waals surface area contributed by atoms with E-state index in [4.69, 9.17) is 0 Å². The van der Waals surface area contributed by atoms with E-state index >= 15 is 0 Å². The van der Waals surface area contributed by atoms with Crippen LogP contribution in [0.1, 0.15) is 0 Å². The van der Waals surface area contributed by atoms with E-state index in [9.17, 15) is 14.4 Å². The molecule has 0 saturated heterocycles. The topological polar surface area (TPSA) is 71.1 Å². The van der Waals surface area contributed by atoms with Gasteiger partial charge in [0.1, 0.15) is 0 Å². The molecule has 0 unspecified atom stereocenters. The van der Waals surface area contributed by atoms with Crippen molar-refractivity contribution in [2.75, 3.05) is 27.2 Å².